The first-order chi connectivity index (χ1) is 14.1. The van der Waals surface area contributed by atoms with Crippen LogP contribution in [0.2, 0.25) is 0 Å². The molecule has 3 aromatic rings. The molecule has 146 valence electrons. The van der Waals surface area contributed by atoms with E-state index in [0.29, 0.717) is 46.8 Å². The molecule has 0 fully saturated rings. The van der Waals surface area contributed by atoms with E-state index in [4.69, 9.17) is 9.47 Å². The van der Waals surface area contributed by atoms with Gasteiger partial charge in [-0.15, -0.1) is 0 Å². The summed E-state index contributed by atoms with van der Waals surface area (Å²) in [5.41, 5.74) is 3.17. The van der Waals surface area contributed by atoms with E-state index in [-0.39, 0.29) is 12.4 Å². The van der Waals surface area contributed by atoms with Crippen LogP contribution < -0.4 is 14.8 Å². The summed E-state index contributed by atoms with van der Waals surface area (Å²) in [6, 6.07) is 20.2. The molecular formula is C24H21NO4. The normalized spacial score (nSPS) is 12.7. The van der Waals surface area contributed by atoms with E-state index in [1.165, 1.54) is 0 Å². The number of anilines is 1. The van der Waals surface area contributed by atoms with Gasteiger partial charge in [-0.05, 0) is 36.2 Å². The lowest BCUT2D eigenvalue weighted by atomic mass is 9.94. The molecule has 0 atom stereocenters. The van der Waals surface area contributed by atoms with Crippen molar-refractivity contribution in [2.75, 3.05) is 11.9 Å². The minimum atomic E-state index is -0.514. The minimum absolute atomic E-state index is 0.0365. The third-order valence-corrected chi connectivity index (χ3v) is 4.89. The molecule has 1 heterocycles. The lowest BCUT2D eigenvalue weighted by Crippen LogP contribution is -2.22. The van der Waals surface area contributed by atoms with Gasteiger partial charge >= 0.3 is 5.97 Å². The van der Waals surface area contributed by atoms with Gasteiger partial charge < -0.3 is 14.8 Å². The van der Waals surface area contributed by atoms with Crippen LogP contribution >= 0.6 is 0 Å². The van der Waals surface area contributed by atoms with Gasteiger partial charge in [-0.1, -0.05) is 48.5 Å². The van der Waals surface area contributed by atoms with Crippen LogP contribution in [0.1, 0.15) is 38.3 Å². The Kier molecular flexibility index (Phi) is 5.29. The van der Waals surface area contributed by atoms with Crippen molar-refractivity contribution in [2.24, 2.45) is 0 Å². The van der Waals surface area contributed by atoms with E-state index in [0.717, 1.165) is 5.56 Å². The molecule has 0 spiro atoms. The number of esters is 1. The minimum Gasteiger partial charge on any atom is -0.488 e. The van der Waals surface area contributed by atoms with Crippen LogP contribution in [0, 0.1) is 6.92 Å². The van der Waals surface area contributed by atoms with E-state index in [9.17, 15) is 9.59 Å². The zero-order valence-electron chi connectivity index (χ0n) is 16.1. The number of carbonyl (C=O) groups is 2. The Balaban J connectivity index is 1.72. The second-order valence-corrected chi connectivity index (χ2v) is 6.87. The van der Waals surface area contributed by atoms with Crippen LogP contribution in [0.4, 0.5) is 5.69 Å². The topological polar surface area (TPSA) is 64.6 Å². The van der Waals surface area contributed by atoms with E-state index >= 15 is 0 Å². The quantitative estimate of drug-likeness (QED) is 0.504. The van der Waals surface area contributed by atoms with Gasteiger partial charge in [0, 0.05) is 24.2 Å². The largest absolute Gasteiger partial charge is 0.488 e. The number of ketones is 1. The van der Waals surface area contributed by atoms with Crippen LogP contribution in [0.15, 0.2) is 66.7 Å². The van der Waals surface area contributed by atoms with Crippen LogP contribution in [0.5, 0.6) is 11.5 Å². The number of hydrogen-bond acceptors (Lipinski definition) is 5. The summed E-state index contributed by atoms with van der Waals surface area (Å²) < 4.78 is 11.6. The second-order valence-electron chi connectivity index (χ2n) is 6.87. The molecule has 0 aromatic heterocycles. The van der Waals surface area contributed by atoms with Crippen molar-refractivity contribution in [1.82, 2.24) is 0 Å². The SMILES string of the molecule is Cc1c2c(cc(OCc3ccccc3)c1C(=O)Oc1ccccc1)C(=O)CCN2. The highest BCUT2D eigenvalue weighted by Gasteiger charge is 2.27. The van der Waals surface area contributed by atoms with Crippen molar-refractivity contribution in [1.29, 1.82) is 0 Å². The fourth-order valence-corrected chi connectivity index (χ4v) is 3.42. The van der Waals surface area contributed by atoms with Gasteiger partial charge in [-0.2, -0.15) is 0 Å². The molecule has 0 saturated heterocycles. The maximum absolute atomic E-state index is 13.0. The summed E-state index contributed by atoms with van der Waals surface area (Å²) in [6.45, 7) is 2.64. The van der Waals surface area contributed by atoms with Gasteiger partial charge in [0.2, 0.25) is 0 Å². The zero-order valence-corrected chi connectivity index (χ0v) is 16.1. The third kappa shape index (κ3) is 3.99. The number of hydrogen-bond donors (Lipinski definition) is 1. The van der Waals surface area contributed by atoms with Crippen LogP contribution in [0.3, 0.4) is 0 Å². The highest BCUT2D eigenvalue weighted by Crippen LogP contribution is 2.36. The van der Waals surface area contributed by atoms with Crippen molar-refractivity contribution in [3.63, 3.8) is 0 Å². The molecule has 29 heavy (non-hydrogen) atoms. The number of carbonyl (C=O) groups excluding carboxylic acids is 2. The first-order valence-corrected chi connectivity index (χ1v) is 9.52. The van der Waals surface area contributed by atoms with Gasteiger partial charge in [0.15, 0.2) is 5.78 Å². The third-order valence-electron chi connectivity index (χ3n) is 4.89. The summed E-state index contributed by atoms with van der Waals surface area (Å²) in [6.07, 6.45) is 0.415. The molecular weight excluding hydrogens is 366 g/mol. The summed E-state index contributed by atoms with van der Waals surface area (Å²) in [5.74, 6) is 0.324. The molecule has 5 nitrogen and oxygen atoms in total. The Morgan fingerprint density at radius 2 is 1.72 bits per heavy atom. The first-order valence-electron chi connectivity index (χ1n) is 9.52. The van der Waals surface area contributed by atoms with Gasteiger partial charge in [0.25, 0.3) is 0 Å². The average molecular weight is 387 g/mol. The number of fused-ring (bicyclic) bond motifs is 1. The predicted molar refractivity (Wildman–Crippen MR) is 111 cm³/mol. The van der Waals surface area contributed by atoms with Gasteiger partial charge in [0.05, 0.1) is 0 Å². The van der Waals surface area contributed by atoms with Crippen molar-refractivity contribution >= 4 is 17.4 Å². The Morgan fingerprint density at radius 3 is 2.45 bits per heavy atom. The molecule has 0 bridgehead atoms. The number of Topliss-reactive ketones (excluding diaryl/α,β-unsaturated/α-hetero) is 1. The van der Waals surface area contributed by atoms with E-state index < -0.39 is 5.97 Å². The number of para-hydroxylation sites is 1. The Morgan fingerprint density at radius 1 is 1.03 bits per heavy atom. The van der Waals surface area contributed by atoms with Crippen molar-refractivity contribution in [3.05, 3.63) is 89.0 Å². The number of nitrogens with one attached hydrogen (secondary N) is 1. The monoisotopic (exact) mass is 387 g/mol. The summed E-state index contributed by atoms with van der Waals surface area (Å²) >= 11 is 0. The number of ether oxygens (including phenoxy) is 2. The summed E-state index contributed by atoms with van der Waals surface area (Å²) in [7, 11) is 0. The Bertz CT molecular complexity index is 1050. The van der Waals surface area contributed by atoms with Crippen molar-refractivity contribution in [3.8, 4) is 11.5 Å². The van der Waals surface area contributed by atoms with Gasteiger partial charge in [-0.3, -0.25) is 4.79 Å². The first kappa shape index (κ1) is 18.7. The van der Waals surface area contributed by atoms with E-state index in [1.807, 2.05) is 36.4 Å². The predicted octanol–water partition coefficient (Wildman–Crippen LogP) is 4.79. The zero-order chi connectivity index (χ0) is 20.2. The Hall–Kier alpha value is -3.60. The number of rotatable bonds is 5. The highest BCUT2D eigenvalue weighted by atomic mass is 16.5. The van der Waals surface area contributed by atoms with Crippen molar-refractivity contribution < 1.29 is 19.1 Å². The molecule has 0 amide bonds. The summed E-state index contributed by atoms with van der Waals surface area (Å²) in [5, 5.41) is 3.24. The van der Waals surface area contributed by atoms with Gasteiger partial charge in [-0.25, -0.2) is 4.79 Å². The molecule has 1 aliphatic heterocycles. The molecule has 0 saturated carbocycles. The molecule has 0 aliphatic carbocycles. The van der Waals surface area contributed by atoms with Crippen LogP contribution in [0.25, 0.3) is 0 Å². The Labute approximate surface area is 169 Å². The maximum Gasteiger partial charge on any atom is 0.347 e. The molecule has 1 N–H and O–H groups in total. The molecule has 0 radical (unpaired) electrons. The van der Waals surface area contributed by atoms with E-state index in [1.54, 1.807) is 37.3 Å². The number of benzene rings is 3. The fourth-order valence-electron chi connectivity index (χ4n) is 3.42. The van der Waals surface area contributed by atoms with Crippen LogP contribution in [-0.2, 0) is 6.61 Å². The molecule has 0 unspecified atom stereocenters. The molecule has 3 aromatic carbocycles. The van der Waals surface area contributed by atoms with Gasteiger partial charge in [0.1, 0.15) is 23.7 Å². The average Bonchev–Trinajstić information content (AvgIpc) is 2.74. The highest BCUT2D eigenvalue weighted by molar-refractivity contribution is 6.07. The van der Waals surface area contributed by atoms with Crippen LogP contribution in [-0.4, -0.2) is 18.3 Å². The standard InChI is InChI=1S/C24H21NO4/c1-16-22(24(27)29-18-10-6-3-7-11-18)21(28-15-17-8-4-2-5-9-17)14-19-20(26)12-13-25-23(16)19/h2-11,14,25H,12-13,15H2,1H3. The molecule has 4 rings (SSSR count). The molecule has 1 aliphatic rings. The lowest BCUT2D eigenvalue weighted by Gasteiger charge is -2.23. The van der Waals surface area contributed by atoms with Crippen molar-refractivity contribution in [2.45, 2.75) is 20.0 Å². The second kappa shape index (κ2) is 8.19. The molecule has 5 heteroatoms. The fraction of sp³-hybridized carbons (Fsp3) is 0.167. The lowest BCUT2D eigenvalue weighted by molar-refractivity contribution is 0.0728. The smallest absolute Gasteiger partial charge is 0.347 e. The summed E-state index contributed by atoms with van der Waals surface area (Å²) in [4.78, 5) is 25.4. The van der Waals surface area contributed by atoms with E-state index in [2.05, 4.69) is 5.32 Å². The maximum atomic E-state index is 13.0.